The lowest BCUT2D eigenvalue weighted by Gasteiger charge is -1.54. The van der Waals surface area contributed by atoms with Crippen LogP contribution in [0.4, 0.5) is 0 Å². The minimum atomic E-state index is 0. The fraction of sp³-hybridized carbons (Fsp3) is 0. The molecule has 0 fully saturated rings. The molecule has 0 aromatic rings. The Labute approximate surface area is 36.1 Å². The number of halogens is 1. The van der Waals surface area contributed by atoms with Crippen molar-refractivity contribution in [1.29, 1.82) is 0 Å². The van der Waals surface area contributed by atoms with Gasteiger partial charge in [0.2, 0.25) is 0 Å². The zero-order valence-electron chi connectivity index (χ0n) is 2.06. The van der Waals surface area contributed by atoms with E-state index >= 15 is 0 Å². The molecule has 0 saturated carbocycles. The van der Waals surface area contributed by atoms with Gasteiger partial charge in [0, 0.05) is 0 Å². The van der Waals surface area contributed by atoms with Crippen LogP contribution in [0, 0.1) is 0 Å². The van der Waals surface area contributed by atoms with Gasteiger partial charge in [0.05, 0.1) is 0 Å². The number of hydrogen-bond donors (Lipinski definition) is 1. The average molecular weight is 117 g/mol. The molecule has 0 spiro atoms. The van der Waals surface area contributed by atoms with Gasteiger partial charge in [-0.2, -0.15) is 0 Å². The fourth-order valence-electron chi connectivity index (χ4n) is 0. The molecule has 2 N–H and O–H groups in total. The molecule has 0 amide bonds. The molecule has 4 heavy (non-hydrogen) atoms. The van der Waals surface area contributed by atoms with E-state index in [-0.39, 0.29) is 12.4 Å². The summed E-state index contributed by atoms with van der Waals surface area (Å²) < 4.78 is 0. The first-order chi connectivity index (χ1) is 1.41. The Morgan fingerprint density at radius 2 is 1.75 bits per heavy atom. The molecule has 0 rings (SSSR count). The van der Waals surface area contributed by atoms with E-state index in [0.717, 1.165) is 0 Å². The Morgan fingerprint density at radius 3 is 1.75 bits per heavy atom. The van der Waals surface area contributed by atoms with E-state index in [1.165, 1.54) is 0 Å². The van der Waals surface area contributed by atoms with Gasteiger partial charge in [-0.1, -0.05) is 8.93 Å². The van der Waals surface area contributed by atoms with E-state index in [1.807, 2.05) is 0 Å². The minimum Gasteiger partial charge on any atom is -0.309 e. The van der Waals surface area contributed by atoms with Gasteiger partial charge in [0.25, 0.3) is 0 Å². The summed E-state index contributed by atoms with van der Waals surface area (Å²) in [5, 5.41) is 0. The van der Waals surface area contributed by atoms with Crippen LogP contribution in [0.15, 0.2) is 0 Å². The number of rotatable bonds is 0. The highest BCUT2D eigenvalue weighted by molar-refractivity contribution is 8.01. The number of nitrogens with two attached hydrogens (primary N) is 1. The van der Waals surface area contributed by atoms with Crippen molar-refractivity contribution in [3.63, 3.8) is 0 Å². The quantitative estimate of drug-likeness (QED) is 0.466. The molecule has 0 saturated heterocycles. The Bertz CT molecular complexity index is 6.00. The molecule has 4 heteroatoms. The van der Waals surface area contributed by atoms with Crippen molar-refractivity contribution < 1.29 is 0 Å². The summed E-state index contributed by atoms with van der Waals surface area (Å²) in [6.07, 6.45) is 0. The summed E-state index contributed by atoms with van der Waals surface area (Å²) in [7, 11) is 2.88. The van der Waals surface area contributed by atoms with E-state index in [9.17, 15) is 0 Å². The highest BCUT2D eigenvalue weighted by atomic mass is 35.5. The summed E-state index contributed by atoms with van der Waals surface area (Å²) in [5.41, 5.74) is 4.84. The molecule has 0 aliphatic rings. The molecular weight excluding hydrogens is 111 g/mol. The fourth-order valence-corrected chi connectivity index (χ4v) is 0. The summed E-state index contributed by atoms with van der Waals surface area (Å²) in [5.74, 6) is 0. The molecular formula is H6ClNP2. The van der Waals surface area contributed by atoms with Crippen molar-refractivity contribution >= 4 is 29.8 Å². The molecule has 28 valence electrons. The van der Waals surface area contributed by atoms with Crippen molar-refractivity contribution in [1.82, 2.24) is 0 Å². The zero-order valence-corrected chi connectivity index (χ0v) is 5.03. The van der Waals surface area contributed by atoms with Gasteiger partial charge in [-0.25, -0.2) is 0 Å². The summed E-state index contributed by atoms with van der Waals surface area (Å²) >= 11 is 0. The Hall–Kier alpha value is 1.11. The second-order valence-corrected chi connectivity index (χ2v) is 1.50. The molecule has 0 radical (unpaired) electrons. The third-order valence-electron chi connectivity index (χ3n) is 0. The van der Waals surface area contributed by atoms with E-state index < -0.39 is 0 Å². The zero-order chi connectivity index (χ0) is 2.71. The highest BCUT2D eigenvalue weighted by Crippen LogP contribution is 2.04. The smallest absolute Gasteiger partial charge is 0.0376 e. The van der Waals surface area contributed by atoms with Crippen molar-refractivity contribution in [2.24, 2.45) is 5.50 Å². The lowest BCUT2D eigenvalue weighted by Crippen LogP contribution is -1.53. The van der Waals surface area contributed by atoms with Crippen molar-refractivity contribution in [3.8, 4) is 0 Å². The Morgan fingerprint density at radius 1 is 1.75 bits per heavy atom. The topological polar surface area (TPSA) is 26.0 Å². The standard InChI is InChI=1S/ClH.H5NP2/c;1-3-2/h1H;3H,1-2H2. The maximum absolute atomic E-state index is 4.84. The molecule has 0 aliphatic carbocycles. The van der Waals surface area contributed by atoms with E-state index in [1.54, 1.807) is 0 Å². The van der Waals surface area contributed by atoms with Crippen LogP contribution in [0.3, 0.4) is 0 Å². The third kappa shape index (κ3) is 11.2. The van der Waals surface area contributed by atoms with E-state index in [4.69, 9.17) is 5.50 Å². The lowest BCUT2D eigenvalue weighted by molar-refractivity contribution is 2.05. The normalized spacial score (nSPS) is 7.50. The first-order valence-corrected chi connectivity index (χ1v) is 3.46. The molecule has 1 nitrogen and oxygen atoms in total. The first-order valence-electron chi connectivity index (χ1n) is 0.577. The van der Waals surface area contributed by atoms with Gasteiger partial charge in [-0.05, 0) is 8.42 Å². The van der Waals surface area contributed by atoms with Gasteiger partial charge >= 0.3 is 0 Å². The number of hydrogen-bond acceptors (Lipinski definition) is 1. The van der Waals surface area contributed by atoms with E-state index in [0.29, 0.717) is 8.42 Å². The molecule has 2 unspecified atom stereocenters. The van der Waals surface area contributed by atoms with Crippen LogP contribution in [0.1, 0.15) is 0 Å². The molecule has 0 heterocycles. The maximum atomic E-state index is 4.84. The van der Waals surface area contributed by atoms with Crippen LogP contribution in [0.5, 0.6) is 0 Å². The van der Waals surface area contributed by atoms with Gasteiger partial charge < -0.3 is 5.50 Å². The second-order valence-electron chi connectivity index (χ2n) is 0.167. The largest absolute Gasteiger partial charge is 0.309 e. The van der Waals surface area contributed by atoms with Crippen molar-refractivity contribution in [2.45, 2.75) is 0 Å². The van der Waals surface area contributed by atoms with E-state index in [2.05, 4.69) is 8.93 Å². The Balaban J connectivity index is 0. The van der Waals surface area contributed by atoms with Crippen LogP contribution in [-0.4, -0.2) is 0 Å². The first kappa shape index (κ1) is 8.92. The van der Waals surface area contributed by atoms with Gasteiger partial charge in [-0.15, -0.1) is 12.4 Å². The molecule has 0 aromatic heterocycles. The van der Waals surface area contributed by atoms with Crippen molar-refractivity contribution in [3.05, 3.63) is 0 Å². The Kier molecular flexibility index (Phi) is 19.9. The second kappa shape index (κ2) is 8.93. The monoisotopic (exact) mass is 117 g/mol. The SMILES string of the molecule is Cl.NPP. The average Bonchev–Trinajstić information content (AvgIpc) is 0.918. The maximum Gasteiger partial charge on any atom is -0.0376 e. The van der Waals surface area contributed by atoms with Gasteiger partial charge in [0.1, 0.15) is 0 Å². The predicted octanol–water partition coefficient (Wildman–Crippen LogP) is 0.750. The third-order valence-corrected chi connectivity index (χ3v) is 0. The minimum absolute atomic E-state index is 0. The van der Waals surface area contributed by atoms with Crippen LogP contribution >= 0.6 is 29.8 Å². The summed E-state index contributed by atoms with van der Waals surface area (Å²) in [4.78, 5) is 0. The predicted molar refractivity (Wildman–Crippen MR) is 29.5 cm³/mol. The summed E-state index contributed by atoms with van der Waals surface area (Å²) in [6.45, 7) is 0. The van der Waals surface area contributed by atoms with Gasteiger partial charge in [0.15, 0.2) is 0 Å². The van der Waals surface area contributed by atoms with Gasteiger partial charge in [-0.3, -0.25) is 0 Å². The summed E-state index contributed by atoms with van der Waals surface area (Å²) in [6, 6.07) is 0. The molecule has 0 aliphatic heterocycles. The lowest BCUT2D eigenvalue weighted by atomic mass is 13.9. The van der Waals surface area contributed by atoms with Crippen LogP contribution in [0.25, 0.3) is 0 Å². The molecule has 2 atom stereocenters. The highest BCUT2D eigenvalue weighted by Gasteiger charge is 1.30. The molecule has 0 aromatic carbocycles. The van der Waals surface area contributed by atoms with Crippen molar-refractivity contribution in [2.75, 3.05) is 0 Å². The van der Waals surface area contributed by atoms with Crippen LogP contribution < -0.4 is 5.50 Å². The molecule has 0 bridgehead atoms. The van der Waals surface area contributed by atoms with Crippen LogP contribution in [0.2, 0.25) is 0 Å². The van der Waals surface area contributed by atoms with Crippen LogP contribution in [-0.2, 0) is 0 Å².